The van der Waals surface area contributed by atoms with Gasteiger partial charge in [-0.2, -0.15) is 5.10 Å². The molecule has 3 N–H and O–H groups in total. The van der Waals surface area contributed by atoms with Crippen molar-refractivity contribution in [2.45, 2.75) is 12.8 Å². The lowest BCUT2D eigenvalue weighted by Crippen LogP contribution is -2.18. The van der Waals surface area contributed by atoms with Gasteiger partial charge < -0.3 is 10.1 Å². The maximum atomic E-state index is 11.9. The van der Waals surface area contributed by atoms with Gasteiger partial charge >= 0.3 is 0 Å². The van der Waals surface area contributed by atoms with E-state index in [-0.39, 0.29) is 18.1 Å². The summed E-state index contributed by atoms with van der Waals surface area (Å²) in [7, 11) is 0. The molecule has 0 unspecified atom stereocenters. The smallest absolute Gasteiger partial charge is 0.240 e. The molecule has 0 saturated heterocycles. The fourth-order valence-electron chi connectivity index (χ4n) is 2.27. The van der Waals surface area contributed by atoms with Gasteiger partial charge in [-0.1, -0.05) is 28.1 Å². The molecule has 0 atom stereocenters. The SMILES string of the molecule is O=C(CCc1nc2ccccc2[nH]1)N/N=C\c1cc(Br)cc(Br)c1O. The fourth-order valence-corrected chi connectivity index (χ4v) is 3.53. The number of carbonyl (C=O) groups is 1. The maximum Gasteiger partial charge on any atom is 0.240 e. The summed E-state index contributed by atoms with van der Waals surface area (Å²) in [4.78, 5) is 19.5. The molecule has 8 heteroatoms. The number of aromatic nitrogens is 2. The number of rotatable bonds is 5. The highest BCUT2D eigenvalue weighted by Crippen LogP contribution is 2.30. The van der Waals surface area contributed by atoms with Gasteiger partial charge in [0.05, 0.1) is 21.7 Å². The van der Waals surface area contributed by atoms with Crippen molar-refractivity contribution < 1.29 is 9.90 Å². The molecular weight excluding hydrogens is 452 g/mol. The minimum atomic E-state index is -0.231. The minimum absolute atomic E-state index is 0.0588. The highest BCUT2D eigenvalue weighted by molar-refractivity contribution is 9.11. The van der Waals surface area contributed by atoms with Gasteiger partial charge in [-0.25, -0.2) is 10.4 Å². The van der Waals surface area contributed by atoms with Crippen LogP contribution in [0.15, 0.2) is 50.4 Å². The minimum Gasteiger partial charge on any atom is -0.506 e. The Hall–Kier alpha value is -2.19. The normalized spacial score (nSPS) is 11.3. The Bertz CT molecular complexity index is 920. The van der Waals surface area contributed by atoms with Crippen molar-refractivity contribution in [1.82, 2.24) is 15.4 Å². The zero-order valence-corrected chi connectivity index (χ0v) is 16.1. The van der Waals surface area contributed by atoms with Crippen LogP contribution in [0.1, 0.15) is 17.8 Å². The molecule has 0 saturated carbocycles. The average molecular weight is 466 g/mol. The van der Waals surface area contributed by atoms with Crippen molar-refractivity contribution in [3.05, 3.63) is 56.7 Å². The van der Waals surface area contributed by atoms with E-state index >= 15 is 0 Å². The summed E-state index contributed by atoms with van der Waals surface area (Å²) in [6.07, 6.45) is 2.14. The van der Waals surface area contributed by atoms with Crippen molar-refractivity contribution in [3.8, 4) is 5.75 Å². The van der Waals surface area contributed by atoms with Gasteiger partial charge in [-0.3, -0.25) is 4.79 Å². The topological polar surface area (TPSA) is 90.4 Å². The average Bonchev–Trinajstić information content (AvgIpc) is 3.00. The molecule has 0 bridgehead atoms. The first-order valence-corrected chi connectivity index (χ1v) is 9.05. The highest BCUT2D eigenvalue weighted by Gasteiger charge is 2.07. The van der Waals surface area contributed by atoms with Crippen LogP contribution in [-0.2, 0) is 11.2 Å². The summed E-state index contributed by atoms with van der Waals surface area (Å²) >= 11 is 6.58. The number of amides is 1. The lowest BCUT2D eigenvalue weighted by molar-refractivity contribution is -0.121. The van der Waals surface area contributed by atoms with Gasteiger partial charge in [0.25, 0.3) is 0 Å². The first-order chi connectivity index (χ1) is 12.0. The number of H-pyrrole nitrogens is 1. The lowest BCUT2D eigenvalue weighted by atomic mass is 10.2. The van der Waals surface area contributed by atoms with Gasteiger partial charge in [-0.05, 0) is 40.2 Å². The number of hydrogen-bond acceptors (Lipinski definition) is 4. The second kappa shape index (κ2) is 7.79. The molecule has 0 spiro atoms. The number of phenols is 1. The van der Waals surface area contributed by atoms with Crippen LogP contribution < -0.4 is 5.43 Å². The first kappa shape index (κ1) is 17.6. The number of benzene rings is 2. The number of fused-ring (bicyclic) bond motifs is 1. The Balaban J connectivity index is 1.56. The van der Waals surface area contributed by atoms with Gasteiger partial charge in [0.1, 0.15) is 11.6 Å². The summed E-state index contributed by atoms with van der Waals surface area (Å²) in [5.41, 5.74) is 4.77. The number of para-hydroxylation sites is 2. The van der Waals surface area contributed by atoms with E-state index < -0.39 is 0 Å². The maximum absolute atomic E-state index is 11.9. The van der Waals surface area contributed by atoms with E-state index in [0.29, 0.717) is 16.5 Å². The Morgan fingerprint density at radius 3 is 2.92 bits per heavy atom. The largest absolute Gasteiger partial charge is 0.506 e. The van der Waals surface area contributed by atoms with Crippen molar-refractivity contribution in [2.24, 2.45) is 5.10 Å². The zero-order valence-electron chi connectivity index (χ0n) is 13.0. The molecule has 0 aliphatic carbocycles. The second-order valence-corrected chi connectivity index (χ2v) is 7.09. The Labute approximate surface area is 160 Å². The van der Waals surface area contributed by atoms with Gasteiger partial charge in [0.2, 0.25) is 5.91 Å². The predicted octanol–water partition coefficient (Wildman–Crippen LogP) is 3.88. The number of hydrazone groups is 1. The fraction of sp³-hybridized carbons (Fsp3) is 0.118. The molecule has 0 radical (unpaired) electrons. The Kier molecular flexibility index (Phi) is 5.50. The number of carbonyl (C=O) groups excluding carboxylic acids is 1. The lowest BCUT2D eigenvalue weighted by Gasteiger charge is -2.03. The van der Waals surface area contributed by atoms with Crippen molar-refractivity contribution in [2.75, 3.05) is 0 Å². The number of imidazole rings is 1. The molecule has 1 amide bonds. The van der Waals surface area contributed by atoms with E-state index in [0.717, 1.165) is 21.3 Å². The third kappa shape index (κ3) is 4.46. The number of aromatic amines is 1. The molecule has 3 rings (SSSR count). The van der Waals surface area contributed by atoms with E-state index in [9.17, 15) is 9.90 Å². The van der Waals surface area contributed by atoms with Gasteiger partial charge in [-0.15, -0.1) is 0 Å². The monoisotopic (exact) mass is 464 g/mol. The predicted molar refractivity (Wildman–Crippen MR) is 104 cm³/mol. The van der Waals surface area contributed by atoms with Crippen LogP contribution in [0.3, 0.4) is 0 Å². The van der Waals surface area contributed by atoms with E-state index in [1.165, 1.54) is 6.21 Å². The highest BCUT2D eigenvalue weighted by atomic mass is 79.9. The summed E-state index contributed by atoms with van der Waals surface area (Å²) in [5, 5.41) is 13.8. The van der Waals surface area contributed by atoms with Crippen LogP contribution in [0, 0.1) is 0 Å². The van der Waals surface area contributed by atoms with E-state index in [4.69, 9.17) is 0 Å². The van der Waals surface area contributed by atoms with E-state index in [1.807, 2.05) is 24.3 Å². The molecular formula is C17H14Br2N4O2. The van der Waals surface area contributed by atoms with Crippen LogP contribution in [0.5, 0.6) is 5.75 Å². The molecule has 6 nitrogen and oxygen atoms in total. The quantitative estimate of drug-likeness (QED) is 0.394. The number of halogens is 2. The molecule has 2 aromatic carbocycles. The van der Waals surface area contributed by atoms with Gasteiger partial charge in [0, 0.05) is 22.9 Å². The second-order valence-electron chi connectivity index (χ2n) is 5.32. The summed E-state index contributed by atoms with van der Waals surface area (Å²) in [6.45, 7) is 0. The number of nitrogens with zero attached hydrogens (tertiary/aromatic N) is 2. The third-order valence-electron chi connectivity index (χ3n) is 3.48. The summed E-state index contributed by atoms with van der Waals surface area (Å²) in [6, 6.07) is 11.1. The molecule has 0 fully saturated rings. The first-order valence-electron chi connectivity index (χ1n) is 7.46. The van der Waals surface area contributed by atoms with Crippen LogP contribution >= 0.6 is 31.9 Å². The molecule has 0 aliphatic heterocycles. The van der Waals surface area contributed by atoms with Crippen molar-refractivity contribution in [1.29, 1.82) is 0 Å². The standard InChI is InChI=1S/C17H14Br2N4O2/c18-11-7-10(17(25)12(19)8-11)9-20-23-16(24)6-5-15-21-13-3-1-2-4-14(13)22-15/h1-4,7-9,25H,5-6H2,(H,21,22)(H,23,24)/b20-9-. The molecule has 0 aliphatic rings. The number of nitrogens with one attached hydrogen (secondary N) is 2. The van der Waals surface area contributed by atoms with Crippen LogP contribution in [0.2, 0.25) is 0 Å². The van der Waals surface area contributed by atoms with E-state index in [2.05, 4.69) is 52.4 Å². The molecule has 1 heterocycles. The summed E-state index contributed by atoms with van der Waals surface area (Å²) < 4.78 is 1.33. The summed E-state index contributed by atoms with van der Waals surface area (Å²) in [5.74, 6) is 0.586. The third-order valence-corrected chi connectivity index (χ3v) is 4.54. The van der Waals surface area contributed by atoms with Crippen LogP contribution in [-0.4, -0.2) is 27.2 Å². The number of aryl methyl sites for hydroxylation is 1. The number of hydrogen-bond donors (Lipinski definition) is 3. The Morgan fingerprint density at radius 1 is 1.32 bits per heavy atom. The van der Waals surface area contributed by atoms with Crippen LogP contribution in [0.4, 0.5) is 0 Å². The zero-order chi connectivity index (χ0) is 17.8. The molecule has 1 aromatic heterocycles. The van der Waals surface area contributed by atoms with Crippen LogP contribution in [0.25, 0.3) is 11.0 Å². The number of aromatic hydroxyl groups is 1. The van der Waals surface area contributed by atoms with E-state index in [1.54, 1.807) is 12.1 Å². The molecule has 3 aromatic rings. The molecule has 128 valence electrons. The molecule has 25 heavy (non-hydrogen) atoms. The Morgan fingerprint density at radius 2 is 2.12 bits per heavy atom. The van der Waals surface area contributed by atoms with Gasteiger partial charge in [0.15, 0.2) is 0 Å². The van der Waals surface area contributed by atoms with Crippen molar-refractivity contribution >= 4 is 55.0 Å². The van der Waals surface area contributed by atoms with Crippen molar-refractivity contribution in [3.63, 3.8) is 0 Å². The number of phenolic OH excluding ortho intramolecular Hbond substituents is 1.